The highest BCUT2D eigenvalue weighted by Gasteiger charge is 2.17. The molecule has 0 atom stereocenters. The lowest BCUT2D eigenvalue weighted by Gasteiger charge is -2.12. The Bertz CT molecular complexity index is 1160. The molecule has 10 heteroatoms. The van der Waals surface area contributed by atoms with Crippen LogP contribution in [0.3, 0.4) is 0 Å². The minimum Gasteiger partial charge on any atom is -0.482 e. The van der Waals surface area contributed by atoms with Crippen LogP contribution in [-0.4, -0.2) is 50.2 Å². The number of benzene rings is 3. The monoisotopic (exact) mass is 520 g/mol. The summed E-state index contributed by atoms with van der Waals surface area (Å²) in [4.78, 5) is 48.7. The molecule has 0 aliphatic carbocycles. The van der Waals surface area contributed by atoms with Crippen molar-refractivity contribution in [3.63, 3.8) is 0 Å². The molecule has 2 amide bonds. The Balaban J connectivity index is 1.60. The average Bonchev–Trinajstić information content (AvgIpc) is 2.92. The number of hydrogen-bond acceptors (Lipinski definition) is 8. The van der Waals surface area contributed by atoms with E-state index in [1.54, 1.807) is 86.6 Å². The van der Waals surface area contributed by atoms with E-state index in [4.69, 9.17) is 18.9 Å². The van der Waals surface area contributed by atoms with E-state index in [2.05, 4.69) is 10.6 Å². The van der Waals surface area contributed by atoms with E-state index in [-0.39, 0.29) is 37.6 Å². The second-order valence-corrected chi connectivity index (χ2v) is 7.69. The molecule has 0 radical (unpaired) electrons. The number of anilines is 2. The van der Waals surface area contributed by atoms with Gasteiger partial charge in [0.1, 0.15) is 11.5 Å². The smallest absolute Gasteiger partial charge is 0.344 e. The van der Waals surface area contributed by atoms with Gasteiger partial charge in [0.2, 0.25) is 0 Å². The Morgan fingerprint density at radius 1 is 0.579 bits per heavy atom. The number of nitrogens with one attached hydrogen (secondary N) is 2. The van der Waals surface area contributed by atoms with Crippen LogP contribution in [0.15, 0.2) is 72.8 Å². The predicted octanol–water partition coefficient (Wildman–Crippen LogP) is 4.08. The minimum atomic E-state index is -0.474. The lowest BCUT2D eigenvalue weighted by atomic mass is 10.1. The van der Waals surface area contributed by atoms with Crippen molar-refractivity contribution >= 4 is 35.1 Å². The van der Waals surface area contributed by atoms with Gasteiger partial charge in [0.25, 0.3) is 11.8 Å². The first-order valence-electron chi connectivity index (χ1n) is 11.9. The fourth-order valence-corrected chi connectivity index (χ4v) is 3.23. The molecular formula is C28H28N2O8. The van der Waals surface area contributed by atoms with Crippen LogP contribution in [0.25, 0.3) is 0 Å². The third-order valence-corrected chi connectivity index (χ3v) is 4.96. The van der Waals surface area contributed by atoms with E-state index in [1.165, 1.54) is 0 Å². The SMILES string of the molecule is CCOC(=O)COc1ccc(NC(=O)c2ccccc2C(=O)Nc2ccc(OCC(=O)OCC)cc2)cc1. The number of ether oxygens (including phenoxy) is 4. The Morgan fingerprint density at radius 3 is 1.29 bits per heavy atom. The van der Waals surface area contributed by atoms with Gasteiger partial charge in [-0.25, -0.2) is 9.59 Å². The third-order valence-electron chi connectivity index (χ3n) is 4.96. The van der Waals surface area contributed by atoms with Crippen LogP contribution >= 0.6 is 0 Å². The first-order valence-corrected chi connectivity index (χ1v) is 11.9. The fraction of sp³-hybridized carbons (Fsp3) is 0.214. The average molecular weight is 521 g/mol. The summed E-state index contributed by atoms with van der Waals surface area (Å²) in [5.74, 6) is -1.02. The molecule has 0 unspecified atom stereocenters. The van der Waals surface area contributed by atoms with Gasteiger partial charge in [0, 0.05) is 11.4 Å². The largest absolute Gasteiger partial charge is 0.482 e. The standard InChI is InChI=1S/C28H28N2O8/c1-3-35-25(31)17-37-21-13-9-19(10-14-21)29-27(33)23-7-5-6-8-24(23)28(34)30-20-11-15-22(16-12-20)38-18-26(32)36-4-2/h5-16H,3-4,17-18H2,1-2H3,(H,29,33)(H,30,34). The zero-order chi connectivity index (χ0) is 27.3. The third kappa shape index (κ3) is 8.37. The van der Waals surface area contributed by atoms with Gasteiger partial charge < -0.3 is 29.6 Å². The number of carbonyl (C=O) groups excluding carboxylic acids is 4. The molecule has 0 aliphatic heterocycles. The highest BCUT2D eigenvalue weighted by Crippen LogP contribution is 2.20. The zero-order valence-corrected chi connectivity index (χ0v) is 21.0. The van der Waals surface area contributed by atoms with Crippen LogP contribution in [0.2, 0.25) is 0 Å². The van der Waals surface area contributed by atoms with Crippen LogP contribution in [0, 0.1) is 0 Å². The number of esters is 2. The molecule has 3 rings (SSSR count). The molecule has 38 heavy (non-hydrogen) atoms. The molecule has 0 spiro atoms. The number of rotatable bonds is 12. The molecule has 198 valence electrons. The van der Waals surface area contributed by atoms with Crippen molar-refractivity contribution < 1.29 is 38.1 Å². The van der Waals surface area contributed by atoms with Crippen molar-refractivity contribution in [1.82, 2.24) is 0 Å². The van der Waals surface area contributed by atoms with Gasteiger partial charge in [-0.1, -0.05) is 12.1 Å². The van der Waals surface area contributed by atoms with Gasteiger partial charge in [-0.3, -0.25) is 9.59 Å². The van der Waals surface area contributed by atoms with Gasteiger partial charge in [-0.05, 0) is 74.5 Å². The van der Waals surface area contributed by atoms with E-state index in [9.17, 15) is 19.2 Å². The molecule has 0 saturated carbocycles. The molecule has 0 aliphatic rings. The van der Waals surface area contributed by atoms with E-state index in [1.807, 2.05) is 0 Å². The Labute approximate surface area is 219 Å². The van der Waals surface area contributed by atoms with E-state index < -0.39 is 23.8 Å². The van der Waals surface area contributed by atoms with Crippen molar-refractivity contribution in [2.24, 2.45) is 0 Å². The normalized spacial score (nSPS) is 10.2. The van der Waals surface area contributed by atoms with Crippen LogP contribution < -0.4 is 20.1 Å². The summed E-state index contributed by atoms with van der Waals surface area (Å²) < 4.78 is 20.3. The molecule has 0 saturated heterocycles. The fourth-order valence-electron chi connectivity index (χ4n) is 3.23. The van der Waals surface area contributed by atoms with E-state index >= 15 is 0 Å². The van der Waals surface area contributed by atoms with Crippen molar-refractivity contribution in [3.8, 4) is 11.5 Å². The molecule has 3 aromatic rings. The van der Waals surface area contributed by atoms with Gasteiger partial charge >= 0.3 is 11.9 Å². The number of carbonyl (C=O) groups is 4. The summed E-state index contributed by atoms with van der Waals surface area (Å²) in [5, 5.41) is 5.50. The second-order valence-electron chi connectivity index (χ2n) is 7.69. The summed E-state index contributed by atoms with van der Waals surface area (Å²) >= 11 is 0. The number of amides is 2. The Kier molecular flexibility index (Phi) is 10.2. The molecule has 0 aromatic heterocycles. The van der Waals surface area contributed by atoms with Crippen LogP contribution in [0.4, 0.5) is 11.4 Å². The lowest BCUT2D eigenvalue weighted by molar-refractivity contribution is -0.146. The lowest BCUT2D eigenvalue weighted by Crippen LogP contribution is -2.20. The van der Waals surface area contributed by atoms with Crippen molar-refractivity contribution in [3.05, 3.63) is 83.9 Å². The van der Waals surface area contributed by atoms with Crippen molar-refractivity contribution in [1.29, 1.82) is 0 Å². The summed E-state index contributed by atoms with van der Waals surface area (Å²) in [7, 11) is 0. The predicted molar refractivity (Wildman–Crippen MR) is 139 cm³/mol. The summed E-state index contributed by atoms with van der Waals surface area (Å²) in [6, 6.07) is 19.3. The maximum absolute atomic E-state index is 12.9. The Hall–Kier alpha value is -4.86. The molecule has 0 bridgehead atoms. The molecular weight excluding hydrogens is 492 g/mol. The van der Waals surface area contributed by atoms with Gasteiger partial charge in [0.05, 0.1) is 24.3 Å². The van der Waals surface area contributed by atoms with Crippen LogP contribution in [0.5, 0.6) is 11.5 Å². The topological polar surface area (TPSA) is 129 Å². The van der Waals surface area contributed by atoms with Gasteiger partial charge in [0.15, 0.2) is 13.2 Å². The van der Waals surface area contributed by atoms with Gasteiger partial charge in [-0.2, -0.15) is 0 Å². The van der Waals surface area contributed by atoms with E-state index in [0.717, 1.165) is 0 Å². The maximum Gasteiger partial charge on any atom is 0.344 e. The molecule has 10 nitrogen and oxygen atoms in total. The molecule has 3 aromatic carbocycles. The summed E-state index contributed by atoms with van der Waals surface area (Å²) in [5.41, 5.74) is 1.32. The highest BCUT2D eigenvalue weighted by atomic mass is 16.6. The molecule has 0 heterocycles. The molecule has 2 N–H and O–H groups in total. The van der Waals surface area contributed by atoms with Crippen LogP contribution in [-0.2, 0) is 19.1 Å². The van der Waals surface area contributed by atoms with Crippen molar-refractivity contribution in [2.45, 2.75) is 13.8 Å². The summed E-state index contributed by atoms with van der Waals surface area (Å²) in [6.07, 6.45) is 0. The zero-order valence-electron chi connectivity index (χ0n) is 21.0. The summed E-state index contributed by atoms with van der Waals surface area (Å²) in [6.45, 7) is 3.53. The Morgan fingerprint density at radius 2 is 0.947 bits per heavy atom. The second kappa shape index (κ2) is 14.0. The first kappa shape index (κ1) is 27.7. The maximum atomic E-state index is 12.9. The highest BCUT2D eigenvalue weighted by molar-refractivity contribution is 6.15. The van der Waals surface area contributed by atoms with Crippen LogP contribution in [0.1, 0.15) is 34.6 Å². The first-order chi connectivity index (χ1) is 18.4. The van der Waals surface area contributed by atoms with E-state index in [0.29, 0.717) is 22.9 Å². The van der Waals surface area contributed by atoms with Gasteiger partial charge in [-0.15, -0.1) is 0 Å². The quantitative estimate of drug-likeness (QED) is 0.342. The molecule has 0 fully saturated rings. The minimum absolute atomic E-state index is 0.182. The number of hydrogen-bond donors (Lipinski definition) is 2. The van der Waals surface area contributed by atoms with Crippen molar-refractivity contribution in [2.75, 3.05) is 37.1 Å².